The molecule has 9 heteroatoms. The molecule has 1 aromatic carbocycles. The van der Waals surface area contributed by atoms with Gasteiger partial charge in [0.25, 0.3) is 0 Å². The van der Waals surface area contributed by atoms with Crippen molar-refractivity contribution in [3.8, 4) is 0 Å². The monoisotopic (exact) mass is 499 g/mol. The van der Waals surface area contributed by atoms with E-state index < -0.39 is 23.5 Å². The number of hydrogen-bond donors (Lipinski definition) is 0. The Balaban J connectivity index is 1.97. The van der Waals surface area contributed by atoms with Crippen LogP contribution in [0.1, 0.15) is 44.7 Å². The van der Waals surface area contributed by atoms with Crippen molar-refractivity contribution in [2.24, 2.45) is 4.99 Å². The Labute approximate surface area is 202 Å². The standard InChI is InChI=1S/C24H26Cl2F3N3O/c1-15(32-14-31-22(33-23(2,3)4)11-21(32)24(27,28)29)20(17-10-19(26)13-30-12-17)9-16-5-7-18(25)8-6-16/h5-8,10-13,15,20H,9,14H2,1-4H3. The Kier molecular flexibility index (Phi) is 7.64. The predicted octanol–water partition coefficient (Wildman–Crippen LogP) is 7.04. The molecule has 1 aliphatic rings. The first-order valence-corrected chi connectivity index (χ1v) is 11.2. The van der Waals surface area contributed by atoms with Crippen molar-refractivity contribution >= 4 is 29.1 Å². The van der Waals surface area contributed by atoms with E-state index in [0.717, 1.165) is 17.2 Å². The smallest absolute Gasteiger partial charge is 0.431 e. The average Bonchev–Trinajstić information content (AvgIpc) is 2.71. The lowest BCUT2D eigenvalue weighted by Crippen LogP contribution is -2.44. The number of halogens is 5. The molecule has 0 N–H and O–H groups in total. The third-order valence-electron chi connectivity index (χ3n) is 5.25. The molecular formula is C24H26Cl2F3N3O. The fourth-order valence-electron chi connectivity index (χ4n) is 3.73. The van der Waals surface area contributed by atoms with Crippen LogP contribution < -0.4 is 0 Å². The van der Waals surface area contributed by atoms with E-state index in [9.17, 15) is 13.2 Å². The quantitative estimate of drug-likeness (QED) is 0.442. The zero-order valence-corrected chi connectivity index (χ0v) is 20.3. The first-order valence-electron chi connectivity index (χ1n) is 10.5. The SMILES string of the molecule is CC(C(Cc1ccc(Cl)cc1)c1cncc(Cl)c1)N1CN=C(OC(C)(C)C)C=C1C(F)(F)F. The van der Waals surface area contributed by atoms with Gasteiger partial charge in [0.15, 0.2) is 0 Å². The lowest BCUT2D eigenvalue weighted by atomic mass is 9.86. The molecule has 0 saturated carbocycles. The molecule has 0 bridgehead atoms. The van der Waals surface area contributed by atoms with Crippen molar-refractivity contribution in [1.82, 2.24) is 9.88 Å². The van der Waals surface area contributed by atoms with Crippen molar-refractivity contribution in [1.29, 1.82) is 0 Å². The van der Waals surface area contributed by atoms with Gasteiger partial charge in [0, 0.05) is 35.5 Å². The Morgan fingerprint density at radius 1 is 1.06 bits per heavy atom. The largest absolute Gasteiger partial charge is 0.472 e. The molecular weight excluding hydrogens is 474 g/mol. The Morgan fingerprint density at radius 3 is 2.30 bits per heavy atom. The van der Waals surface area contributed by atoms with Gasteiger partial charge >= 0.3 is 6.18 Å². The topological polar surface area (TPSA) is 37.7 Å². The summed E-state index contributed by atoms with van der Waals surface area (Å²) in [5.41, 5.74) is 0.224. The van der Waals surface area contributed by atoms with Crippen molar-refractivity contribution in [2.45, 2.75) is 57.9 Å². The van der Waals surface area contributed by atoms with Gasteiger partial charge in [-0.1, -0.05) is 35.3 Å². The van der Waals surface area contributed by atoms with E-state index in [2.05, 4.69) is 9.98 Å². The van der Waals surface area contributed by atoms with Gasteiger partial charge < -0.3 is 9.64 Å². The fraction of sp³-hybridized carbons (Fsp3) is 0.417. The third-order valence-corrected chi connectivity index (χ3v) is 5.71. The summed E-state index contributed by atoms with van der Waals surface area (Å²) in [6.07, 6.45) is 0.00466. The molecule has 2 heterocycles. The number of rotatable bonds is 5. The lowest BCUT2D eigenvalue weighted by molar-refractivity contribution is -0.116. The molecule has 0 radical (unpaired) electrons. The molecule has 2 unspecified atom stereocenters. The number of nitrogens with zero attached hydrogens (tertiary/aromatic N) is 3. The highest BCUT2D eigenvalue weighted by molar-refractivity contribution is 6.30. The molecule has 2 atom stereocenters. The summed E-state index contributed by atoms with van der Waals surface area (Å²) in [5.74, 6) is -0.375. The molecule has 178 valence electrons. The van der Waals surface area contributed by atoms with Crippen LogP contribution in [0.2, 0.25) is 10.0 Å². The first-order chi connectivity index (χ1) is 15.3. The van der Waals surface area contributed by atoms with Crippen LogP contribution in [-0.4, -0.2) is 40.3 Å². The maximum absolute atomic E-state index is 14.1. The molecule has 0 fully saturated rings. The molecule has 33 heavy (non-hydrogen) atoms. The predicted molar refractivity (Wildman–Crippen MR) is 126 cm³/mol. The molecule has 1 aliphatic heterocycles. The van der Waals surface area contributed by atoms with Gasteiger partial charge in [-0.2, -0.15) is 13.2 Å². The third kappa shape index (κ3) is 6.87. The van der Waals surface area contributed by atoms with E-state index in [0.29, 0.717) is 16.5 Å². The van der Waals surface area contributed by atoms with E-state index in [1.165, 1.54) is 11.1 Å². The second-order valence-electron chi connectivity index (χ2n) is 8.96. The van der Waals surface area contributed by atoms with E-state index >= 15 is 0 Å². The number of alkyl halides is 3. The van der Waals surface area contributed by atoms with E-state index in [-0.39, 0.29) is 18.5 Å². The summed E-state index contributed by atoms with van der Waals surface area (Å²) < 4.78 is 47.9. The van der Waals surface area contributed by atoms with E-state index in [1.54, 1.807) is 52.1 Å². The van der Waals surface area contributed by atoms with E-state index in [1.807, 2.05) is 12.1 Å². The second-order valence-corrected chi connectivity index (χ2v) is 9.84. The summed E-state index contributed by atoms with van der Waals surface area (Å²) in [4.78, 5) is 9.69. The summed E-state index contributed by atoms with van der Waals surface area (Å²) >= 11 is 12.2. The highest BCUT2D eigenvalue weighted by atomic mass is 35.5. The van der Waals surface area contributed by atoms with Crippen LogP contribution in [0, 0.1) is 0 Å². The molecule has 4 nitrogen and oxygen atoms in total. The molecule has 0 saturated heterocycles. The highest BCUT2D eigenvalue weighted by Crippen LogP contribution is 2.37. The highest BCUT2D eigenvalue weighted by Gasteiger charge is 2.43. The number of aliphatic imine (C=N–C) groups is 1. The molecule has 2 aromatic rings. The van der Waals surface area contributed by atoms with Crippen molar-refractivity contribution in [3.63, 3.8) is 0 Å². The number of ether oxygens (including phenoxy) is 1. The fourth-order valence-corrected chi connectivity index (χ4v) is 4.03. The van der Waals surface area contributed by atoms with Gasteiger partial charge in [-0.25, -0.2) is 4.99 Å². The van der Waals surface area contributed by atoms with Gasteiger partial charge in [-0.15, -0.1) is 0 Å². The van der Waals surface area contributed by atoms with Crippen LogP contribution >= 0.6 is 23.2 Å². The number of hydrogen-bond acceptors (Lipinski definition) is 4. The first kappa shape index (κ1) is 25.4. The van der Waals surface area contributed by atoms with Crippen molar-refractivity contribution < 1.29 is 17.9 Å². The van der Waals surface area contributed by atoms with Crippen LogP contribution in [0.4, 0.5) is 13.2 Å². The normalized spacial score (nSPS) is 16.7. The molecule has 3 rings (SSSR count). The molecule has 0 amide bonds. The van der Waals surface area contributed by atoms with Gasteiger partial charge in [0.1, 0.15) is 18.0 Å². The Morgan fingerprint density at radius 2 is 1.73 bits per heavy atom. The van der Waals surface area contributed by atoms with Crippen molar-refractivity contribution in [2.75, 3.05) is 6.67 Å². The van der Waals surface area contributed by atoms with Crippen LogP contribution in [0.15, 0.2) is 59.5 Å². The van der Waals surface area contributed by atoms with Gasteiger partial charge in [0.05, 0.1) is 5.02 Å². The zero-order chi connectivity index (χ0) is 24.4. The minimum absolute atomic E-state index is 0.0306. The molecule has 0 aliphatic carbocycles. The Hall–Kier alpha value is -2.25. The van der Waals surface area contributed by atoms with Crippen LogP contribution in [-0.2, 0) is 11.2 Å². The minimum atomic E-state index is -4.58. The van der Waals surface area contributed by atoms with Crippen LogP contribution in [0.25, 0.3) is 0 Å². The number of benzene rings is 1. The lowest BCUT2D eigenvalue weighted by Gasteiger charge is -2.39. The van der Waals surface area contributed by atoms with Gasteiger partial charge in [-0.3, -0.25) is 4.98 Å². The number of allylic oxidation sites excluding steroid dienone is 1. The molecule has 1 aromatic heterocycles. The summed E-state index contributed by atoms with van der Waals surface area (Å²) in [5, 5.41) is 1.01. The number of aromatic nitrogens is 1. The zero-order valence-electron chi connectivity index (χ0n) is 18.8. The van der Waals surface area contributed by atoms with Crippen LogP contribution in [0.3, 0.4) is 0 Å². The van der Waals surface area contributed by atoms with E-state index in [4.69, 9.17) is 27.9 Å². The summed E-state index contributed by atoms with van der Waals surface area (Å²) in [7, 11) is 0. The second kappa shape index (κ2) is 9.94. The summed E-state index contributed by atoms with van der Waals surface area (Å²) in [6, 6.07) is 8.42. The van der Waals surface area contributed by atoms with Crippen molar-refractivity contribution in [3.05, 3.63) is 75.7 Å². The maximum atomic E-state index is 14.1. The minimum Gasteiger partial charge on any atom is -0.472 e. The van der Waals surface area contributed by atoms with Crippen LogP contribution in [0.5, 0.6) is 0 Å². The van der Waals surface area contributed by atoms with Gasteiger partial charge in [-0.05, 0) is 63.4 Å². The average molecular weight is 500 g/mol. The van der Waals surface area contributed by atoms with Gasteiger partial charge in [0.2, 0.25) is 5.90 Å². The maximum Gasteiger partial charge on any atom is 0.431 e. The molecule has 0 spiro atoms. The summed E-state index contributed by atoms with van der Waals surface area (Å²) in [6.45, 7) is 6.87. The Bertz CT molecular complexity index is 1030. The number of pyridine rings is 1.